The summed E-state index contributed by atoms with van der Waals surface area (Å²) < 4.78 is 28.6. The summed E-state index contributed by atoms with van der Waals surface area (Å²) in [7, 11) is 2.13. The fraction of sp³-hybridized carbons (Fsp3) is 0.172. The molecule has 1 saturated heterocycles. The van der Waals surface area contributed by atoms with Crippen LogP contribution in [-0.4, -0.2) is 58.1 Å². The molecule has 184 valence electrons. The van der Waals surface area contributed by atoms with E-state index in [4.69, 9.17) is 4.98 Å². The molecule has 1 aromatic carbocycles. The van der Waals surface area contributed by atoms with Gasteiger partial charge in [0.05, 0.1) is 5.69 Å². The second-order valence-electron chi connectivity index (χ2n) is 9.21. The Morgan fingerprint density at radius 1 is 0.757 bits per heavy atom. The molecule has 5 heterocycles. The molecule has 0 amide bonds. The van der Waals surface area contributed by atoms with Crippen molar-refractivity contribution >= 4 is 16.9 Å². The first-order valence-corrected chi connectivity index (χ1v) is 12.1. The van der Waals surface area contributed by atoms with Gasteiger partial charge in [0.25, 0.3) is 0 Å². The van der Waals surface area contributed by atoms with Gasteiger partial charge in [-0.05, 0) is 67.2 Å². The zero-order valence-electron chi connectivity index (χ0n) is 20.3. The SMILES string of the molecule is CN1CCN(c2ccc(-c3cncc(-c4cc(-c5cc(F)ccc5F)nc5ncccc45)c3)cn2)CC1. The van der Waals surface area contributed by atoms with Gasteiger partial charge in [0.1, 0.15) is 17.5 Å². The maximum atomic E-state index is 14.6. The van der Waals surface area contributed by atoms with E-state index in [1.807, 2.05) is 30.5 Å². The summed E-state index contributed by atoms with van der Waals surface area (Å²) in [4.78, 5) is 22.7. The van der Waals surface area contributed by atoms with Crippen molar-refractivity contribution in [3.05, 3.63) is 91.0 Å². The van der Waals surface area contributed by atoms with Gasteiger partial charge in [0.15, 0.2) is 5.65 Å². The minimum atomic E-state index is -0.548. The number of benzene rings is 1. The molecule has 1 aliphatic rings. The van der Waals surface area contributed by atoms with Gasteiger partial charge >= 0.3 is 0 Å². The number of piperazine rings is 1. The second kappa shape index (κ2) is 9.63. The van der Waals surface area contributed by atoms with Crippen LogP contribution in [0.4, 0.5) is 14.6 Å². The number of nitrogens with zero attached hydrogens (tertiary/aromatic N) is 6. The van der Waals surface area contributed by atoms with Crippen LogP contribution in [0.25, 0.3) is 44.5 Å². The third kappa shape index (κ3) is 4.63. The Balaban J connectivity index is 1.39. The molecule has 5 aromatic rings. The Morgan fingerprint density at radius 2 is 1.59 bits per heavy atom. The highest BCUT2D eigenvalue weighted by atomic mass is 19.1. The highest BCUT2D eigenvalue weighted by molar-refractivity contribution is 5.95. The third-order valence-electron chi connectivity index (χ3n) is 6.75. The lowest BCUT2D eigenvalue weighted by Gasteiger charge is -2.33. The largest absolute Gasteiger partial charge is 0.354 e. The molecule has 1 fully saturated rings. The quantitative estimate of drug-likeness (QED) is 0.331. The van der Waals surface area contributed by atoms with E-state index in [1.54, 1.807) is 24.7 Å². The highest BCUT2D eigenvalue weighted by Crippen LogP contribution is 2.34. The molecule has 0 aliphatic carbocycles. The summed E-state index contributed by atoms with van der Waals surface area (Å²) in [6.07, 6.45) is 7.05. The van der Waals surface area contributed by atoms with E-state index in [1.165, 1.54) is 0 Å². The first-order chi connectivity index (χ1) is 18.0. The highest BCUT2D eigenvalue weighted by Gasteiger charge is 2.17. The summed E-state index contributed by atoms with van der Waals surface area (Å²) >= 11 is 0. The molecule has 4 aromatic heterocycles. The number of hydrogen-bond donors (Lipinski definition) is 0. The van der Waals surface area contributed by atoms with E-state index in [0.29, 0.717) is 11.3 Å². The van der Waals surface area contributed by atoms with Crippen molar-refractivity contribution in [2.45, 2.75) is 0 Å². The topological polar surface area (TPSA) is 58.0 Å². The minimum absolute atomic E-state index is 0.0848. The van der Waals surface area contributed by atoms with E-state index in [-0.39, 0.29) is 5.56 Å². The van der Waals surface area contributed by atoms with Crippen LogP contribution in [0.15, 0.2) is 79.4 Å². The van der Waals surface area contributed by atoms with Crippen molar-refractivity contribution in [1.29, 1.82) is 0 Å². The zero-order valence-corrected chi connectivity index (χ0v) is 20.3. The average Bonchev–Trinajstić information content (AvgIpc) is 2.94. The Labute approximate surface area is 213 Å². The lowest BCUT2D eigenvalue weighted by Crippen LogP contribution is -2.44. The van der Waals surface area contributed by atoms with Crippen LogP contribution < -0.4 is 4.90 Å². The Kier molecular flexibility index (Phi) is 6.02. The molecule has 0 spiro atoms. The minimum Gasteiger partial charge on any atom is -0.354 e. The van der Waals surface area contributed by atoms with Gasteiger partial charge in [0, 0.05) is 78.6 Å². The molecular weight excluding hydrogens is 470 g/mol. The van der Waals surface area contributed by atoms with Gasteiger partial charge < -0.3 is 9.80 Å². The molecular formula is C29H24F2N6. The fourth-order valence-corrected chi connectivity index (χ4v) is 4.65. The summed E-state index contributed by atoms with van der Waals surface area (Å²) in [5.41, 5.74) is 4.29. The van der Waals surface area contributed by atoms with Crippen LogP contribution in [0.2, 0.25) is 0 Å². The second-order valence-corrected chi connectivity index (χ2v) is 9.21. The van der Waals surface area contributed by atoms with Gasteiger partial charge in [-0.25, -0.2) is 23.7 Å². The van der Waals surface area contributed by atoms with Gasteiger partial charge in [-0.2, -0.15) is 0 Å². The van der Waals surface area contributed by atoms with Gasteiger partial charge in [-0.15, -0.1) is 0 Å². The molecule has 1 aliphatic heterocycles. The first kappa shape index (κ1) is 23.1. The molecule has 0 radical (unpaired) electrons. The Bertz CT molecular complexity index is 1580. The average molecular weight is 495 g/mol. The number of hydrogen-bond acceptors (Lipinski definition) is 6. The molecule has 0 bridgehead atoms. The Morgan fingerprint density at radius 3 is 2.41 bits per heavy atom. The zero-order chi connectivity index (χ0) is 25.4. The van der Waals surface area contributed by atoms with Crippen molar-refractivity contribution in [3.63, 3.8) is 0 Å². The van der Waals surface area contributed by atoms with Crippen molar-refractivity contribution in [2.24, 2.45) is 0 Å². The van der Waals surface area contributed by atoms with Crippen LogP contribution in [0.1, 0.15) is 0 Å². The van der Waals surface area contributed by atoms with Crippen LogP contribution in [-0.2, 0) is 0 Å². The predicted molar refractivity (Wildman–Crippen MR) is 141 cm³/mol. The molecule has 37 heavy (non-hydrogen) atoms. The van der Waals surface area contributed by atoms with Crippen LogP contribution in [0.3, 0.4) is 0 Å². The standard InChI is InChI=1S/C29H24F2N6/c1-36-9-11-37(12-10-36)28-7-4-19(18-34-28)20-13-21(17-32-16-20)24-15-27(25-14-22(30)5-6-26(25)31)35-29-23(24)3-2-8-33-29/h2-8,13-18H,9-12H2,1H3. The van der Waals surface area contributed by atoms with Gasteiger partial charge in [-0.3, -0.25) is 4.98 Å². The molecule has 0 N–H and O–H groups in total. The van der Waals surface area contributed by atoms with Crippen molar-refractivity contribution < 1.29 is 8.78 Å². The smallest absolute Gasteiger partial charge is 0.160 e. The summed E-state index contributed by atoms with van der Waals surface area (Å²) in [5, 5.41) is 0.797. The van der Waals surface area contributed by atoms with Crippen LogP contribution in [0.5, 0.6) is 0 Å². The predicted octanol–water partition coefficient (Wildman–Crippen LogP) is 5.45. The summed E-state index contributed by atoms with van der Waals surface area (Å²) in [6.45, 7) is 3.95. The molecule has 6 rings (SSSR count). The maximum Gasteiger partial charge on any atom is 0.160 e. The van der Waals surface area contributed by atoms with E-state index in [0.717, 1.165) is 77.8 Å². The number of rotatable bonds is 4. The molecule has 0 unspecified atom stereocenters. The fourth-order valence-electron chi connectivity index (χ4n) is 4.65. The van der Waals surface area contributed by atoms with Crippen molar-refractivity contribution in [1.82, 2.24) is 24.8 Å². The van der Waals surface area contributed by atoms with Crippen molar-refractivity contribution in [3.8, 4) is 33.5 Å². The molecule has 0 atom stereocenters. The molecule has 0 saturated carbocycles. The number of pyridine rings is 4. The number of halogens is 2. The Hall–Kier alpha value is -4.30. The lowest BCUT2D eigenvalue weighted by atomic mass is 9.98. The monoisotopic (exact) mass is 494 g/mol. The number of fused-ring (bicyclic) bond motifs is 1. The molecule has 8 heteroatoms. The molecule has 6 nitrogen and oxygen atoms in total. The van der Waals surface area contributed by atoms with Gasteiger partial charge in [-0.1, -0.05) is 0 Å². The lowest BCUT2D eigenvalue weighted by molar-refractivity contribution is 0.312. The van der Waals surface area contributed by atoms with Gasteiger partial charge in [0.2, 0.25) is 0 Å². The first-order valence-electron chi connectivity index (χ1n) is 12.1. The normalized spacial score (nSPS) is 14.3. The number of aromatic nitrogens is 4. The van der Waals surface area contributed by atoms with E-state index < -0.39 is 11.6 Å². The van der Waals surface area contributed by atoms with E-state index in [9.17, 15) is 8.78 Å². The van der Waals surface area contributed by atoms with Crippen molar-refractivity contribution in [2.75, 3.05) is 38.1 Å². The van der Waals surface area contributed by atoms with E-state index in [2.05, 4.69) is 37.9 Å². The summed E-state index contributed by atoms with van der Waals surface area (Å²) in [5.74, 6) is -0.112. The summed E-state index contributed by atoms with van der Waals surface area (Å²) in [6, 6.07) is 15.0. The number of anilines is 1. The van der Waals surface area contributed by atoms with Crippen LogP contribution in [0, 0.1) is 11.6 Å². The number of likely N-dealkylation sites (N-methyl/N-ethyl adjacent to an activating group) is 1. The maximum absolute atomic E-state index is 14.6. The van der Waals surface area contributed by atoms with E-state index >= 15 is 0 Å². The van der Waals surface area contributed by atoms with Crippen LogP contribution >= 0.6 is 0 Å². The third-order valence-corrected chi connectivity index (χ3v) is 6.75.